The molecule has 0 radical (unpaired) electrons. The summed E-state index contributed by atoms with van der Waals surface area (Å²) >= 11 is 3.41. The Bertz CT molecular complexity index is 762. The number of hydrogen-bond acceptors (Lipinski definition) is 2. The topological polar surface area (TPSA) is 49.4 Å². The standard InChI is InChI=1S/C21H25BrN2O2/c1-4-8-18(16-9-6-5-7-10-16)21(26)24(3)14-20(25)23-19-12-11-17(22)13-15(19)2/h5-7,9-13,18H,4,8,14H2,1-3H3,(H,23,25). The number of rotatable bonds is 7. The molecule has 1 N–H and O–H groups in total. The van der Waals surface area contributed by atoms with E-state index in [2.05, 4.69) is 28.2 Å². The number of nitrogens with one attached hydrogen (secondary N) is 1. The van der Waals surface area contributed by atoms with Gasteiger partial charge in [0.25, 0.3) is 0 Å². The van der Waals surface area contributed by atoms with Gasteiger partial charge in [-0.15, -0.1) is 0 Å². The molecule has 26 heavy (non-hydrogen) atoms. The van der Waals surface area contributed by atoms with Crippen molar-refractivity contribution in [3.63, 3.8) is 0 Å². The molecule has 0 aliphatic carbocycles. The predicted octanol–water partition coefficient (Wildman–Crippen LogP) is 4.74. The van der Waals surface area contributed by atoms with Crippen molar-refractivity contribution in [2.24, 2.45) is 0 Å². The van der Waals surface area contributed by atoms with Crippen molar-refractivity contribution >= 4 is 33.4 Å². The second kappa shape index (κ2) is 9.53. The number of aryl methyl sites for hydroxylation is 1. The maximum atomic E-state index is 12.9. The Kier molecular flexibility index (Phi) is 7.39. The van der Waals surface area contributed by atoms with E-state index in [-0.39, 0.29) is 24.3 Å². The number of hydrogen-bond donors (Lipinski definition) is 1. The quantitative estimate of drug-likeness (QED) is 0.708. The number of anilines is 1. The van der Waals surface area contributed by atoms with Gasteiger partial charge in [-0.05, 0) is 42.7 Å². The van der Waals surface area contributed by atoms with E-state index < -0.39 is 0 Å². The minimum absolute atomic E-state index is 0.0271. The van der Waals surface area contributed by atoms with Gasteiger partial charge in [0, 0.05) is 17.2 Å². The summed E-state index contributed by atoms with van der Waals surface area (Å²) in [6.07, 6.45) is 1.67. The van der Waals surface area contributed by atoms with Gasteiger partial charge in [-0.2, -0.15) is 0 Å². The van der Waals surface area contributed by atoms with E-state index in [0.717, 1.165) is 34.1 Å². The van der Waals surface area contributed by atoms with E-state index in [0.29, 0.717) is 0 Å². The van der Waals surface area contributed by atoms with Gasteiger partial charge in [0.2, 0.25) is 11.8 Å². The van der Waals surface area contributed by atoms with Crippen molar-refractivity contribution in [3.05, 3.63) is 64.1 Å². The Labute approximate surface area is 163 Å². The first-order chi connectivity index (χ1) is 12.4. The molecule has 4 nitrogen and oxygen atoms in total. The van der Waals surface area contributed by atoms with Crippen molar-refractivity contribution in [1.29, 1.82) is 0 Å². The van der Waals surface area contributed by atoms with Crippen LogP contribution in [0.25, 0.3) is 0 Å². The minimum Gasteiger partial charge on any atom is -0.336 e. The van der Waals surface area contributed by atoms with E-state index in [1.165, 1.54) is 4.90 Å². The number of halogens is 1. The van der Waals surface area contributed by atoms with Crippen molar-refractivity contribution in [1.82, 2.24) is 4.90 Å². The highest BCUT2D eigenvalue weighted by atomic mass is 79.9. The molecule has 0 saturated carbocycles. The highest BCUT2D eigenvalue weighted by Gasteiger charge is 2.24. The largest absolute Gasteiger partial charge is 0.336 e. The number of likely N-dealkylation sites (N-methyl/N-ethyl adjacent to an activating group) is 1. The van der Waals surface area contributed by atoms with Gasteiger partial charge in [0.05, 0.1) is 12.5 Å². The van der Waals surface area contributed by atoms with Crippen LogP contribution in [-0.4, -0.2) is 30.3 Å². The fourth-order valence-corrected chi connectivity index (χ4v) is 3.40. The average Bonchev–Trinajstić information content (AvgIpc) is 2.62. The third kappa shape index (κ3) is 5.43. The summed E-state index contributed by atoms with van der Waals surface area (Å²) in [6.45, 7) is 4.02. The SMILES string of the molecule is CCCC(C(=O)N(C)CC(=O)Nc1ccc(Br)cc1C)c1ccccc1. The Morgan fingerprint density at radius 1 is 1.15 bits per heavy atom. The Morgan fingerprint density at radius 3 is 2.46 bits per heavy atom. The Hall–Kier alpha value is -2.14. The lowest BCUT2D eigenvalue weighted by atomic mass is 9.93. The summed E-state index contributed by atoms with van der Waals surface area (Å²) in [5.41, 5.74) is 2.72. The van der Waals surface area contributed by atoms with E-state index in [1.807, 2.05) is 55.5 Å². The van der Waals surface area contributed by atoms with Gasteiger partial charge in [-0.25, -0.2) is 0 Å². The molecule has 2 aromatic rings. The zero-order chi connectivity index (χ0) is 19.1. The molecule has 0 heterocycles. The molecule has 2 amide bonds. The van der Waals surface area contributed by atoms with Gasteiger partial charge in [-0.1, -0.05) is 59.6 Å². The summed E-state index contributed by atoms with van der Waals surface area (Å²) in [7, 11) is 1.68. The van der Waals surface area contributed by atoms with Crippen LogP contribution in [0.5, 0.6) is 0 Å². The number of carbonyl (C=O) groups excluding carboxylic acids is 2. The van der Waals surface area contributed by atoms with Crippen LogP contribution in [0.1, 0.15) is 36.8 Å². The molecule has 0 bridgehead atoms. The Balaban J connectivity index is 2.03. The number of nitrogens with zero attached hydrogens (tertiary/aromatic N) is 1. The molecule has 0 aromatic heterocycles. The molecule has 0 spiro atoms. The van der Waals surface area contributed by atoms with Gasteiger partial charge < -0.3 is 10.2 Å². The lowest BCUT2D eigenvalue weighted by Gasteiger charge is -2.23. The Morgan fingerprint density at radius 2 is 1.85 bits per heavy atom. The van der Waals surface area contributed by atoms with Gasteiger partial charge in [0.1, 0.15) is 0 Å². The third-order valence-corrected chi connectivity index (χ3v) is 4.79. The number of carbonyl (C=O) groups is 2. The molecular weight excluding hydrogens is 392 g/mol. The molecule has 0 saturated heterocycles. The molecule has 5 heteroatoms. The molecule has 0 aliphatic rings. The van der Waals surface area contributed by atoms with Crippen molar-refractivity contribution < 1.29 is 9.59 Å². The molecule has 2 rings (SSSR count). The summed E-state index contributed by atoms with van der Waals surface area (Å²) in [5, 5.41) is 2.88. The first-order valence-corrected chi connectivity index (χ1v) is 9.57. The van der Waals surface area contributed by atoms with Crippen molar-refractivity contribution in [3.8, 4) is 0 Å². The summed E-state index contributed by atoms with van der Waals surface area (Å²) in [4.78, 5) is 26.7. The zero-order valence-corrected chi connectivity index (χ0v) is 17.0. The predicted molar refractivity (Wildman–Crippen MR) is 109 cm³/mol. The van der Waals surface area contributed by atoms with E-state index in [4.69, 9.17) is 0 Å². The number of amides is 2. The van der Waals surface area contributed by atoms with Crippen LogP contribution in [0.2, 0.25) is 0 Å². The van der Waals surface area contributed by atoms with E-state index >= 15 is 0 Å². The smallest absolute Gasteiger partial charge is 0.243 e. The first kappa shape index (κ1) is 20.2. The minimum atomic E-state index is -0.214. The lowest BCUT2D eigenvalue weighted by molar-refractivity contribution is -0.134. The molecule has 2 aromatic carbocycles. The summed E-state index contributed by atoms with van der Waals surface area (Å²) in [6, 6.07) is 15.4. The normalized spacial score (nSPS) is 11.7. The highest BCUT2D eigenvalue weighted by Crippen LogP contribution is 2.24. The highest BCUT2D eigenvalue weighted by molar-refractivity contribution is 9.10. The molecule has 1 atom stereocenters. The third-order valence-electron chi connectivity index (χ3n) is 4.30. The molecule has 0 aliphatic heterocycles. The van der Waals surface area contributed by atoms with Gasteiger partial charge in [0.15, 0.2) is 0 Å². The van der Waals surface area contributed by atoms with E-state index in [9.17, 15) is 9.59 Å². The average molecular weight is 417 g/mol. The van der Waals surface area contributed by atoms with Crippen LogP contribution in [0.3, 0.4) is 0 Å². The second-order valence-electron chi connectivity index (χ2n) is 6.45. The molecule has 0 fully saturated rings. The fourth-order valence-electron chi connectivity index (χ4n) is 2.92. The maximum absolute atomic E-state index is 12.9. The van der Waals surface area contributed by atoms with Crippen LogP contribution in [0.15, 0.2) is 53.0 Å². The monoisotopic (exact) mass is 416 g/mol. The lowest BCUT2D eigenvalue weighted by Crippen LogP contribution is -2.38. The summed E-state index contributed by atoms with van der Waals surface area (Å²) < 4.78 is 0.963. The fraction of sp³-hybridized carbons (Fsp3) is 0.333. The van der Waals surface area contributed by atoms with Gasteiger partial charge >= 0.3 is 0 Å². The zero-order valence-electron chi connectivity index (χ0n) is 15.5. The number of benzene rings is 2. The molecular formula is C21H25BrN2O2. The van der Waals surface area contributed by atoms with Crippen molar-refractivity contribution in [2.45, 2.75) is 32.6 Å². The first-order valence-electron chi connectivity index (χ1n) is 8.78. The van der Waals surface area contributed by atoms with Crippen molar-refractivity contribution in [2.75, 3.05) is 18.9 Å². The molecule has 1 unspecified atom stereocenters. The maximum Gasteiger partial charge on any atom is 0.243 e. The van der Waals surface area contributed by atoms with Crippen LogP contribution in [0, 0.1) is 6.92 Å². The van der Waals surface area contributed by atoms with Crippen LogP contribution in [0.4, 0.5) is 5.69 Å². The van der Waals surface area contributed by atoms with Crippen LogP contribution < -0.4 is 5.32 Å². The van der Waals surface area contributed by atoms with E-state index in [1.54, 1.807) is 7.05 Å². The van der Waals surface area contributed by atoms with Crippen LogP contribution in [-0.2, 0) is 9.59 Å². The second-order valence-corrected chi connectivity index (χ2v) is 7.37. The van der Waals surface area contributed by atoms with Gasteiger partial charge in [-0.3, -0.25) is 9.59 Å². The molecule has 138 valence electrons. The van der Waals surface area contributed by atoms with Crippen LogP contribution >= 0.6 is 15.9 Å². The summed E-state index contributed by atoms with van der Waals surface area (Å²) in [5.74, 6) is -0.441.